The summed E-state index contributed by atoms with van der Waals surface area (Å²) in [5.41, 5.74) is 1.47. The first-order valence-corrected chi connectivity index (χ1v) is 6.11. The van der Waals surface area contributed by atoms with Crippen LogP contribution in [0.25, 0.3) is 0 Å². The number of aliphatic hydroxyl groups excluding tert-OH is 1. The van der Waals surface area contributed by atoms with Crippen LogP contribution in [-0.2, 0) is 7.05 Å². The molecule has 0 aliphatic carbocycles. The van der Waals surface area contributed by atoms with Crippen molar-refractivity contribution in [3.63, 3.8) is 0 Å². The van der Waals surface area contributed by atoms with E-state index >= 15 is 0 Å². The van der Waals surface area contributed by atoms with Crippen LogP contribution < -0.4 is 4.74 Å². The van der Waals surface area contributed by atoms with Gasteiger partial charge in [0.25, 0.3) is 0 Å². The fourth-order valence-corrected chi connectivity index (χ4v) is 1.72. The summed E-state index contributed by atoms with van der Waals surface area (Å²) in [6, 6.07) is 9.29. The lowest BCUT2D eigenvalue weighted by atomic mass is 10.1. The Morgan fingerprint density at radius 1 is 1.28 bits per heavy atom. The van der Waals surface area contributed by atoms with Crippen molar-refractivity contribution < 1.29 is 9.84 Å². The van der Waals surface area contributed by atoms with Gasteiger partial charge in [-0.2, -0.15) is 5.10 Å². The molecular weight excluding hydrogens is 228 g/mol. The molecule has 0 spiro atoms. The summed E-state index contributed by atoms with van der Waals surface area (Å²) in [4.78, 5) is 0. The number of hydrogen-bond acceptors (Lipinski definition) is 3. The van der Waals surface area contributed by atoms with Crippen LogP contribution in [0.1, 0.15) is 30.7 Å². The van der Waals surface area contributed by atoms with Crippen molar-refractivity contribution in [2.24, 2.45) is 7.05 Å². The highest BCUT2D eigenvalue weighted by Gasteiger charge is 2.12. The Morgan fingerprint density at radius 2 is 2.00 bits per heavy atom. The van der Waals surface area contributed by atoms with E-state index in [4.69, 9.17) is 4.74 Å². The minimum atomic E-state index is -0.688. The van der Waals surface area contributed by atoms with Gasteiger partial charge in [-0.15, -0.1) is 0 Å². The number of aryl methyl sites for hydroxylation is 1. The van der Waals surface area contributed by atoms with Crippen LogP contribution in [-0.4, -0.2) is 21.5 Å². The lowest BCUT2D eigenvalue weighted by Crippen LogP contribution is -2.02. The highest BCUT2D eigenvalue weighted by atomic mass is 16.5. The average Bonchev–Trinajstić information content (AvgIpc) is 2.83. The number of rotatable bonds is 5. The Hall–Kier alpha value is -1.81. The molecular formula is C14H18N2O2. The number of aromatic nitrogens is 2. The third-order valence-electron chi connectivity index (χ3n) is 2.68. The zero-order valence-electron chi connectivity index (χ0n) is 10.7. The normalized spacial score (nSPS) is 12.4. The zero-order chi connectivity index (χ0) is 13.0. The maximum Gasteiger partial charge on any atom is 0.123 e. The fourth-order valence-electron chi connectivity index (χ4n) is 1.72. The lowest BCUT2D eigenvalue weighted by Gasteiger charge is -2.10. The van der Waals surface area contributed by atoms with Gasteiger partial charge in [-0.1, -0.05) is 19.1 Å². The molecule has 0 saturated heterocycles. The van der Waals surface area contributed by atoms with Crippen molar-refractivity contribution in [3.8, 4) is 5.75 Å². The summed E-state index contributed by atoms with van der Waals surface area (Å²) in [7, 11) is 1.83. The van der Waals surface area contributed by atoms with E-state index in [0.717, 1.165) is 17.7 Å². The largest absolute Gasteiger partial charge is 0.494 e. The van der Waals surface area contributed by atoms with Crippen molar-refractivity contribution in [1.29, 1.82) is 0 Å². The average molecular weight is 246 g/mol. The first-order valence-electron chi connectivity index (χ1n) is 6.11. The third kappa shape index (κ3) is 2.90. The molecule has 0 fully saturated rings. The summed E-state index contributed by atoms with van der Waals surface area (Å²) >= 11 is 0. The molecule has 1 N–H and O–H groups in total. The molecule has 0 radical (unpaired) electrons. The van der Waals surface area contributed by atoms with E-state index in [1.54, 1.807) is 4.68 Å². The summed E-state index contributed by atoms with van der Waals surface area (Å²) < 4.78 is 7.18. The molecule has 0 bridgehead atoms. The molecule has 96 valence electrons. The van der Waals surface area contributed by atoms with Crippen molar-refractivity contribution in [3.05, 3.63) is 47.8 Å². The molecule has 1 aromatic heterocycles. The van der Waals surface area contributed by atoms with Crippen LogP contribution in [0.15, 0.2) is 36.5 Å². The van der Waals surface area contributed by atoms with Gasteiger partial charge in [0, 0.05) is 13.2 Å². The monoisotopic (exact) mass is 246 g/mol. The van der Waals surface area contributed by atoms with Gasteiger partial charge in [0.15, 0.2) is 0 Å². The van der Waals surface area contributed by atoms with Crippen molar-refractivity contribution in [2.45, 2.75) is 19.4 Å². The standard InChI is InChI=1S/C14H18N2O2/c1-3-10-18-12-6-4-11(5-7-12)14(17)13-8-9-16(2)15-13/h4-9,14,17H,3,10H2,1-2H3. The number of aliphatic hydroxyl groups is 1. The minimum absolute atomic E-state index is 0.653. The minimum Gasteiger partial charge on any atom is -0.494 e. The Kier molecular flexibility index (Phi) is 3.99. The van der Waals surface area contributed by atoms with E-state index in [-0.39, 0.29) is 0 Å². The van der Waals surface area contributed by atoms with E-state index in [0.29, 0.717) is 12.3 Å². The molecule has 0 aliphatic rings. The van der Waals surface area contributed by atoms with Gasteiger partial charge >= 0.3 is 0 Å². The highest BCUT2D eigenvalue weighted by Crippen LogP contribution is 2.22. The van der Waals surface area contributed by atoms with Crippen LogP contribution >= 0.6 is 0 Å². The molecule has 1 atom stereocenters. The summed E-state index contributed by atoms with van der Waals surface area (Å²) in [5.74, 6) is 0.828. The zero-order valence-corrected chi connectivity index (χ0v) is 10.7. The van der Waals surface area contributed by atoms with E-state index in [1.807, 2.05) is 43.6 Å². The topological polar surface area (TPSA) is 47.3 Å². The van der Waals surface area contributed by atoms with Crippen molar-refractivity contribution in [2.75, 3.05) is 6.61 Å². The maximum absolute atomic E-state index is 10.2. The van der Waals surface area contributed by atoms with Crippen LogP contribution in [0.5, 0.6) is 5.75 Å². The molecule has 4 heteroatoms. The van der Waals surface area contributed by atoms with Gasteiger partial charge in [0.2, 0.25) is 0 Å². The highest BCUT2D eigenvalue weighted by molar-refractivity contribution is 5.31. The summed E-state index contributed by atoms with van der Waals surface area (Å²) in [6.07, 6.45) is 2.11. The summed E-state index contributed by atoms with van der Waals surface area (Å²) in [5, 5.41) is 14.3. The molecule has 0 amide bonds. The molecule has 1 unspecified atom stereocenters. The molecule has 2 rings (SSSR count). The molecule has 0 saturated carbocycles. The van der Waals surface area contributed by atoms with E-state index in [1.165, 1.54) is 0 Å². The first kappa shape index (κ1) is 12.6. The van der Waals surface area contributed by atoms with Gasteiger partial charge < -0.3 is 9.84 Å². The van der Waals surface area contributed by atoms with Crippen molar-refractivity contribution in [1.82, 2.24) is 9.78 Å². The Morgan fingerprint density at radius 3 is 2.56 bits per heavy atom. The SMILES string of the molecule is CCCOc1ccc(C(O)c2ccn(C)n2)cc1. The van der Waals surface area contributed by atoms with Gasteiger partial charge in [-0.05, 0) is 30.2 Å². The summed E-state index contributed by atoms with van der Waals surface area (Å²) in [6.45, 7) is 2.78. The second-order valence-corrected chi connectivity index (χ2v) is 4.23. The number of ether oxygens (including phenoxy) is 1. The van der Waals surface area contributed by atoms with Gasteiger partial charge in [0.05, 0.1) is 12.3 Å². The Labute approximate surface area is 107 Å². The van der Waals surface area contributed by atoms with E-state index in [2.05, 4.69) is 12.0 Å². The molecule has 18 heavy (non-hydrogen) atoms. The Balaban J connectivity index is 2.09. The molecule has 2 aromatic rings. The molecule has 0 aliphatic heterocycles. The number of nitrogens with zero attached hydrogens (tertiary/aromatic N) is 2. The first-order chi connectivity index (χ1) is 8.70. The van der Waals surface area contributed by atoms with E-state index < -0.39 is 6.10 Å². The molecule has 1 aromatic carbocycles. The second-order valence-electron chi connectivity index (χ2n) is 4.23. The Bertz CT molecular complexity index is 491. The smallest absolute Gasteiger partial charge is 0.123 e. The lowest BCUT2D eigenvalue weighted by molar-refractivity contribution is 0.214. The second kappa shape index (κ2) is 5.69. The molecule has 4 nitrogen and oxygen atoms in total. The third-order valence-corrected chi connectivity index (χ3v) is 2.68. The predicted octanol–water partition coefficient (Wildman–Crippen LogP) is 2.29. The maximum atomic E-state index is 10.2. The van der Waals surface area contributed by atoms with Crippen molar-refractivity contribution >= 4 is 0 Å². The fraction of sp³-hybridized carbons (Fsp3) is 0.357. The van der Waals surface area contributed by atoms with Crippen LogP contribution in [0.2, 0.25) is 0 Å². The van der Waals surface area contributed by atoms with Crippen LogP contribution in [0.4, 0.5) is 0 Å². The van der Waals surface area contributed by atoms with Gasteiger partial charge in [-0.3, -0.25) is 4.68 Å². The van der Waals surface area contributed by atoms with Gasteiger partial charge in [-0.25, -0.2) is 0 Å². The molecule has 1 heterocycles. The quantitative estimate of drug-likeness (QED) is 0.880. The number of benzene rings is 1. The van der Waals surface area contributed by atoms with Gasteiger partial charge in [0.1, 0.15) is 11.9 Å². The predicted molar refractivity (Wildman–Crippen MR) is 69.5 cm³/mol. The number of hydrogen-bond donors (Lipinski definition) is 1. The van der Waals surface area contributed by atoms with Crippen LogP contribution in [0.3, 0.4) is 0 Å². The van der Waals surface area contributed by atoms with E-state index in [9.17, 15) is 5.11 Å². The van der Waals surface area contributed by atoms with Crippen LogP contribution in [0, 0.1) is 0 Å².